The molecule has 0 aliphatic rings. The molecule has 0 fully saturated rings. The van der Waals surface area contributed by atoms with Crippen molar-refractivity contribution in [1.29, 1.82) is 0 Å². The second-order valence-corrected chi connectivity index (χ2v) is 6.79. The Hall–Kier alpha value is -0.650. The normalized spacial score (nSPS) is 13.6. The predicted molar refractivity (Wildman–Crippen MR) is 67.4 cm³/mol. The lowest BCUT2D eigenvalue weighted by Gasteiger charge is -2.12. The minimum absolute atomic E-state index is 0.0486. The Labute approximate surface area is 106 Å². The Morgan fingerprint density at radius 2 is 2.12 bits per heavy atom. The van der Waals surface area contributed by atoms with E-state index >= 15 is 0 Å². The third-order valence-corrected chi connectivity index (χ3v) is 3.69. The summed E-state index contributed by atoms with van der Waals surface area (Å²) in [4.78, 5) is 0. The topological polar surface area (TPSA) is 60.2 Å². The molecule has 0 saturated carbocycles. The van der Waals surface area contributed by atoms with E-state index in [2.05, 4.69) is 0 Å². The summed E-state index contributed by atoms with van der Waals surface area (Å²) in [7, 11) is -3.00. The lowest BCUT2D eigenvalue weighted by Crippen LogP contribution is -2.26. The minimum Gasteiger partial charge on any atom is -0.327 e. The average molecular weight is 280 g/mol. The van der Waals surface area contributed by atoms with Crippen LogP contribution in [0.3, 0.4) is 0 Å². The number of rotatable bonds is 5. The van der Waals surface area contributed by atoms with Crippen molar-refractivity contribution in [2.75, 3.05) is 12.0 Å². The summed E-state index contributed by atoms with van der Waals surface area (Å²) >= 11 is 5.85. The maximum atomic E-state index is 12.8. The molecule has 0 radical (unpaired) electrons. The Bertz CT molecular complexity index is 490. The SMILES string of the molecule is CS(=O)(=O)CCC(N)Cc1ccc(F)cc1Cl. The number of sulfone groups is 1. The van der Waals surface area contributed by atoms with Crippen LogP contribution in [0.15, 0.2) is 18.2 Å². The van der Waals surface area contributed by atoms with Crippen LogP contribution in [0.4, 0.5) is 4.39 Å². The van der Waals surface area contributed by atoms with Gasteiger partial charge in [0.15, 0.2) is 0 Å². The molecule has 1 rings (SSSR count). The number of benzene rings is 1. The molecule has 96 valence electrons. The smallest absolute Gasteiger partial charge is 0.147 e. The van der Waals surface area contributed by atoms with Crippen molar-refractivity contribution in [3.8, 4) is 0 Å². The van der Waals surface area contributed by atoms with E-state index < -0.39 is 15.7 Å². The van der Waals surface area contributed by atoms with E-state index in [0.29, 0.717) is 17.9 Å². The lowest BCUT2D eigenvalue weighted by atomic mass is 10.0. The zero-order chi connectivity index (χ0) is 13.1. The first-order valence-electron chi connectivity index (χ1n) is 5.15. The summed E-state index contributed by atoms with van der Waals surface area (Å²) in [6.07, 6.45) is 1.98. The molecule has 0 saturated heterocycles. The highest BCUT2D eigenvalue weighted by molar-refractivity contribution is 7.90. The number of nitrogens with two attached hydrogens (primary N) is 1. The van der Waals surface area contributed by atoms with E-state index in [9.17, 15) is 12.8 Å². The largest absolute Gasteiger partial charge is 0.327 e. The Morgan fingerprint density at radius 1 is 1.47 bits per heavy atom. The number of hydrogen-bond donors (Lipinski definition) is 1. The van der Waals surface area contributed by atoms with Gasteiger partial charge in [-0.05, 0) is 30.5 Å². The van der Waals surface area contributed by atoms with E-state index in [1.54, 1.807) is 6.07 Å². The van der Waals surface area contributed by atoms with Crippen molar-refractivity contribution in [1.82, 2.24) is 0 Å². The van der Waals surface area contributed by atoms with E-state index in [4.69, 9.17) is 17.3 Å². The summed E-state index contributed by atoms with van der Waals surface area (Å²) in [5, 5.41) is 0.319. The summed E-state index contributed by atoms with van der Waals surface area (Å²) in [6, 6.07) is 3.80. The van der Waals surface area contributed by atoms with Gasteiger partial charge in [0.25, 0.3) is 0 Å². The summed E-state index contributed by atoms with van der Waals surface area (Å²) in [6.45, 7) is 0. The third kappa shape index (κ3) is 5.48. The first-order valence-corrected chi connectivity index (χ1v) is 7.59. The molecule has 3 nitrogen and oxygen atoms in total. The van der Waals surface area contributed by atoms with Gasteiger partial charge in [-0.15, -0.1) is 0 Å². The third-order valence-electron chi connectivity index (χ3n) is 2.36. The predicted octanol–water partition coefficient (Wildman–Crippen LogP) is 1.78. The van der Waals surface area contributed by atoms with Gasteiger partial charge in [0.1, 0.15) is 15.7 Å². The van der Waals surface area contributed by atoms with E-state index in [1.165, 1.54) is 18.4 Å². The quantitative estimate of drug-likeness (QED) is 0.894. The molecule has 6 heteroatoms. The van der Waals surface area contributed by atoms with Gasteiger partial charge in [-0.25, -0.2) is 12.8 Å². The molecule has 0 aromatic heterocycles. The zero-order valence-corrected chi connectivity index (χ0v) is 11.1. The summed E-state index contributed by atoms with van der Waals surface area (Å²) in [5.41, 5.74) is 6.53. The molecular formula is C11H15ClFNO2S. The monoisotopic (exact) mass is 279 g/mol. The molecule has 1 aromatic carbocycles. The van der Waals surface area contributed by atoms with Crippen LogP contribution >= 0.6 is 11.6 Å². The molecular weight excluding hydrogens is 265 g/mol. The van der Waals surface area contributed by atoms with Crippen molar-refractivity contribution >= 4 is 21.4 Å². The van der Waals surface area contributed by atoms with Crippen molar-refractivity contribution in [3.63, 3.8) is 0 Å². The van der Waals surface area contributed by atoms with Gasteiger partial charge < -0.3 is 5.73 Å². The van der Waals surface area contributed by atoms with Crippen LogP contribution in [0.1, 0.15) is 12.0 Å². The second-order valence-electron chi connectivity index (χ2n) is 4.12. The van der Waals surface area contributed by atoms with Crippen LogP contribution in [0.25, 0.3) is 0 Å². The Balaban J connectivity index is 2.59. The molecule has 17 heavy (non-hydrogen) atoms. The summed E-state index contributed by atoms with van der Waals surface area (Å²) < 4.78 is 34.7. The zero-order valence-electron chi connectivity index (χ0n) is 9.49. The molecule has 1 unspecified atom stereocenters. The maximum Gasteiger partial charge on any atom is 0.147 e. The van der Waals surface area contributed by atoms with Crippen LogP contribution in [0.5, 0.6) is 0 Å². The highest BCUT2D eigenvalue weighted by Crippen LogP contribution is 2.19. The fourth-order valence-corrected chi connectivity index (χ4v) is 2.41. The summed E-state index contributed by atoms with van der Waals surface area (Å²) in [5.74, 6) is -0.351. The van der Waals surface area contributed by atoms with Crippen LogP contribution in [0.2, 0.25) is 5.02 Å². The lowest BCUT2D eigenvalue weighted by molar-refractivity contribution is 0.585. The van der Waals surface area contributed by atoms with Gasteiger partial charge >= 0.3 is 0 Å². The van der Waals surface area contributed by atoms with E-state index in [-0.39, 0.29) is 11.8 Å². The molecule has 0 aliphatic heterocycles. The van der Waals surface area contributed by atoms with Crippen molar-refractivity contribution in [2.24, 2.45) is 5.73 Å². The molecule has 0 heterocycles. The molecule has 1 atom stereocenters. The maximum absolute atomic E-state index is 12.8. The molecule has 0 bridgehead atoms. The highest BCUT2D eigenvalue weighted by atomic mass is 35.5. The minimum atomic E-state index is -3.00. The van der Waals surface area contributed by atoms with Crippen LogP contribution in [0, 0.1) is 5.82 Å². The molecule has 0 spiro atoms. The average Bonchev–Trinajstić information content (AvgIpc) is 2.18. The van der Waals surface area contributed by atoms with Gasteiger partial charge in [0.05, 0.1) is 5.75 Å². The first kappa shape index (κ1) is 14.4. The van der Waals surface area contributed by atoms with Gasteiger partial charge in [0, 0.05) is 17.3 Å². The van der Waals surface area contributed by atoms with Crippen molar-refractivity contribution < 1.29 is 12.8 Å². The first-order chi connectivity index (χ1) is 7.78. The standard InChI is InChI=1S/C11H15ClFNO2S/c1-17(15,16)5-4-10(14)6-8-2-3-9(13)7-11(8)12/h2-3,7,10H,4-6,14H2,1H3. The van der Waals surface area contributed by atoms with E-state index in [1.807, 2.05) is 0 Å². The second kappa shape index (κ2) is 5.80. The molecule has 2 N–H and O–H groups in total. The highest BCUT2D eigenvalue weighted by Gasteiger charge is 2.11. The van der Waals surface area contributed by atoms with Crippen LogP contribution in [-0.4, -0.2) is 26.5 Å². The Kier molecular flexibility index (Phi) is 4.91. The van der Waals surface area contributed by atoms with Gasteiger partial charge in [-0.2, -0.15) is 0 Å². The van der Waals surface area contributed by atoms with Crippen molar-refractivity contribution in [2.45, 2.75) is 18.9 Å². The van der Waals surface area contributed by atoms with Crippen LogP contribution < -0.4 is 5.73 Å². The number of halogens is 2. The van der Waals surface area contributed by atoms with Crippen molar-refractivity contribution in [3.05, 3.63) is 34.6 Å². The van der Waals surface area contributed by atoms with Gasteiger partial charge in [-0.3, -0.25) is 0 Å². The van der Waals surface area contributed by atoms with Gasteiger partial charge in [0.2, 0.25) is 0 Å². The van der Waals surface area contributed by atoms with Crippen LogP contribution in [-0.2, 0) is 16.3 Å². The van der Waals surface area contributed by atoms with Gasteiger partial charge in [-0.1, -0.05) is 17.7 Å². The Morgan fingerprint density at radius 3 is 2.65 bits per heavy atom. The van der Waals surface area contributed by atoms with E-state index in [0.717, 1.165) is 5.56 Å². The molecule has 1 aromatic rings. The molecule has 0 amide bonds. The molecule has 0 aliphatic carbocycles. The number of hydrogen-bond acceptors (Lipinski definition) is 3. The fraction of sp³-hybridized carbons (Fsp3) is 0.455. The fourth-order valence-electron chi connectivity index (χ4n) is 1.44.